The quantitative estimate of drug-likeness (QED) is 0.789. The SMILES string of the molecule is CCCn1ncnc1CN(CC(C)C)CC1CCCN1. The fraction of sp³-hybridized carbons (Fsp3) is 0.867. The van der Waals surface area contributed by atoms with Gasteiger partial charge < -0.3 is 5.32 Å². The summed E-state index contributed by atoms with van der Waals surface area (Å²) in [6, 6.07) is 0.649. The lowest BCUT2D eigenvalue weighted by Gasteiger charge is -2.27. The zero-order chi connectivity index (χ0) is 14.4. The van der Waals surface area contributed by atoms with Gasteiger partial charge in [-0.25, -0.2) is 9.67 Å². The highest BCUT2D eigenvalue weighted by Crippen LogP contribution is 2.11. The maximum Gasteiger partial charge on any atom is 0.141 e. The van der Waals surface area contributed by atoms with Gasteiger partial charge in [-0.15, -0.1) is 0 Å². The molecular weight excluding hydrogens is 250 g/mol. The van der Waals surface area contributed by atoms with Crippen molar-refractivity contribution in [3.8, 4) is 0 Å². The number of nitrogens with one attached hydrogen (secondary N) is 1. The molecule has 1 fully saturated rings. The zero-order valence-corrected chi connectivity index (χ0v) is 13.2. The monoisotopic (exact) mass is 279 g/mol. The molecule has 1 saturated heterocycles. The van der Waals surface area contributed by atoms with Crippen molar-refractivity contribution in [2.45, 2.75) is 59.2 Å². The topological polar surface area (TPSA) is 46.0 Å². The third kappa shape index (κ3) is 4.56. The van der Waals surface area contributed by atoms with E-state index in [2.05, 4.69) is 45.8 Å². The summed E-state index contributed by atoms with van der Waals surface area (Å²) in [7, 11) is 0. The summed E-state index contributed by atoms with van der Waals surface area (Å²) in [6.45, 7) is 12.0. The van der Waals surface area contributed by atoms with Crippen molar-refractivity contribution in [2.75, 3.05) is 19.6 Å². The Hall–Kier alpha value is -0.940. The molecule has 0 bridgehead atoms. The first kappa shape index (κ1) is 15.4. The van der Waals surface area contributed by atoms with E-state index in [4.69, 9.17) is 0 Å². The molecule has 20 heavy (non-hydrogen) atoms. The minimum Gasteiger partial charge on any atom is -0.313 e. The van der Waals surface area contributed by atoms with Crippen molar-refractivity contribution in [1.82, 2.24) is 25.0 Å². The van der Waals surface area contributed by atoms with Crippen LogP contribution in [0.2, 0.25) is 0 Å². The molecule has 0 aromatic carbocycles. The van der Waals surface area contributed by atoms with Crippen LogP contribution in [0, 0.1) is 5.92 Å². The molecule has 1 aliphatic rings. The zero-order valence-electron chi connectivity index (χ0n) is 13.2. The van der Waals surface area contributed by atoms with Crippen LogP contribution in [0.4, 0.5) is 0 Å². The molecule has 114 valence electrons. The Morgan fingerprint density at radius 3 is 3.00 bits per heavy atom. The molecule has 1 atom stereocenters. The standard InChI is InChI=1S/C15H29N5/c1-4-8-20-15(17-12-18-20)11-19(9-13(2)3)10-14-6-5-7-16-14/h12-14,16H,4-11H2,1-3H3. The third-order valence-electron chi connectivity index (χ3n) is 3.76. The van der Waals surface area contributed by atoms with Crippen LogP contribution in [-0.4, -0.2) is 45.3 Å². The van der Waals surface area contributed by atoms with Gasteiger partial charge in [0.15, 0.2) is 0 Å². The molecule has 0 saturated carbocycles. The molecule has 0 aliphatic carbocycles. The summed E-state index contributed by atoms with van der Waals surface area (Å²) in [4.78, 5) is 6.98. The first-order valence-corrected chi connectivity index (χ1v) is 8.01. The van der Waals surface area contributed by atoms with E-state index in [1.54, 1.807) is 6.33 Å². The Labute approximate surface area is 122 Å². The number of rotatable bonds is 8. The molecule has 2 rings (SSSR count). The fourth-order valence-electron chi connectivity index (χ4n) is 2.95. The lowest BCUT2D eigenvalue weighted by molar-refractivity contribution is 0.207. The Morgan fingerprint density at radius 1 is 1.50 bits per heavy atom. The van der Waals surface area contributed by atoms with E-state index in [1.807, 2.05) is 0 Å². The summed E-state index contributed by atoms with van der Waals surface area (Å²) in [6.07, 6.45) is 5.40. The van der Waals surface area contributed by atoms with Gasteiger partial charge in [-0.1, -0.05) is 20.8 Å². The molecule has 0 radical (unpaired) electrons. The van der Waals surface area contributed by atoms with Gasteiger partial charge in [0.1, 0.15) is 12.2 Å². The summed E-state index contributed by atoms with van der Waals surface area (Å²) < 4.78 is 2.05. The van der Waals surface area contributed by atoms with Crippen molar-refractivity contribution in [1.29, 1.82) is 0 Å². The van der Waals surface area contributed by atoms with Crippen molar-refractivity contribution in [3.63, 3.8) is 0 Å². The molecule has 0 amide bonds. The van der Waals surface area contributed by atoms with Crippen LogP contribution in [0.25, 0.3) is 0 Å². The van der Waals surface area contributed by atoms with E-state index in [9.17, 15) is 0 Å². The highest BCUT2D eigenvalue weighted by Gasteiger charge is 2.20. The van der Waals surface area contributed by atoms with E-state index in [1.165, 1.54) is 19.4 Å². The van der Waals surface area contributed by atoms with Gasteiger partial charge in [0.2, 0.25) is 0 Å². The average molecular weight is 279 g/mol. The Kier molecular flexibility index (Phi) is 5.98. The molecule has 0 spiro atoms. The Balaban J connectivity index is 1.96. The predicted octanol–water partition coefficient (Wildman–Crippen LogP) is 1.90. The molecule has 1 aromatic rings. The number of hydrogen-bond donors (Lipinski definition) is 1. The second-order valence-electron chi connectivity index (χ2n) is 6.28. The van der Waals surface area contributed by atoms with Crippen LogP contribution in [0.5, 0.6) is 0 Å². The van der Waals surface area contributed by atoms with Crippen LogP contribution in [0.1, 0.15) is 45.9 Å². The first-order valence-electron chi connectivity index (χ1n) is 8.01. The maximum atomic E-state index is 4.45. The molecule has 2 heterocycles. The van der Waals surface area contributed by atoms with Crippen LogP contribution in [0.15, 0.2) is 6.33 Å². The Bertz CT molecular complexity index is 381. The van der Waals surface area contributed by atoms with E-state index < -0.39 is 0 Å². The van der Waals surface area contributed by atoms with E-state index in [0.29, 0.717) is 12.0 Å². The van der Waals surface area contributed by atoms with Crippen LogP contribution in [0.3, 0.4) is 0 Å². The molecule has 1 unspecified atom stereocenters. The van der Waals surface area contributed by atoms with Gasteiger partial charge in [0, 0.05) is 25.7 Å². The van der Waals surface area contributed by atoms with Crippen molar-refractivity contribution in [2.24, 2.45) is 5.92 Å². The number of nitrogens with zero attached hydrogens (tertiary/aromatic N) is 4. The highest BCUT2D eigenvalue weighted by atomic mass is 15.3. The van der Waals surface area contributed by atoms with Crippen LogP contribution in [-0.2, 0) is 13.1 Å². The smallest absolute Gasteiger partial charge is 0.141 e. The third-order valence-corrected chi connectivity index (χ3v) is 3.76. The van der Waals surface area contributed by atoms with Gasteiger partial charge in [-0.2, -0.15) is 5.10 Å². The fourth-order valence-corrected chi connectivity index (χ4v) is 2.95. The minimum atomic E-state index is 0.649. The number of aryl methyl sites for hydroxylation is 1. The molecule has 1 aliphatic heterocycles. The first-order chi connectivity index (χ1) is 9.69. The number of hydrogen-bond acceptors (Lipinski definition) is 4. The highest BCUT2D eigenvalue weighted by molar-refractivity contribution is 4.87. The molecule has 5 nitrogen and oxygen atoms in total. The van der Waals surface area contributed by atoms with Crippen molar-refractivity contribution < 1.29 is 0 Å². The minimum absolute atomic E-state index is 0.649. The van der Waals surface area contributed by atoms with Gasteiger partial charge in [0.25, 0.3) is 0 Å². The normalized spacial score (nSPS) is 19.4. The van der Waals surface area contributed by atoms with Crippen molar-refractivity contribution >= 4 is 0 Å². The van der Waals surface area contributed by atoms with E-state index >= 15 is 0 Å². The Morgan fingerprint density at radius 2 is 2.35 bits per heavy atom. The summed E-state index contributed by atoms with van der Waals surface area (Å²) >= 11 is 0. The van der Waals surface area contributed by atoms with Crippen LogP contribution >= 0.6 is 0 Å². The average Bonchev–Trinajstić information content (AvgIpc) is 3.02. The largest absolute Gasteiger partial charge is 0.313 e. The summed E-state index contributed by atoms with van der Waals surface area (Å²) in [5, 5.41) is 7.93. The van der Waals surface area contributed by atoms with Gasteiger partial charge in [-0.05, 0) is 31.7 Å². The summed E-state index contributed by atoms with van der Waals surface area (Å²) in [5.41, 5.74) is 0. The second kappa shape index (κ2) is 7.74. The lowest BCUT2D eigenvalue weighted by atomic mass is 10.1. The van der Waals surface area contributed by atoms with Crippen molar-refractivity contribution in [3.05, 3.63) is 12.2 Å². The number of aromatic nitrogens is 3. The van der Waals surface area contributed by atoms with E-state index in [0.717, 1.165) is 38.4 Å². The maximum absolute atomic E-state index is 4.45. The molecule has 1 aromatic heterocycles. The lowest BCUT2D eigenvalue weighted by Crippen LogP contribution is -2.39. The van der Waals surface area contributed by atoms with E-state index in [-0.39, 0.29) is 0 Å². The molecule has 5 heteroatoms. The molecule has 1 N–H and O–H groups in total. The van der Waals surface area contributed by atoms with Gasteiger partial charge >= 0.3 is 0 Å². The van der Waals surface area contributed by atoms with Gasteiger partial charge in [0.05, 0.1) is 6.54 Å². The van der Waals surface area contributed by atoms with Crippen LogP contribution < -0.4 is 5.32 Å². The summed E-state index contributed by atoms with van der Waals surface area (Å²) in [5.74, 6) is 1.78. The second-order valence-corrected chi connectivity index (χ2v) is 6.28. The molecular formula is C15H29N5. The van der Waals surface area contributed by atoms with Gasteiger partial charge in [-0.3, -0.25) is 4.90 Å². The predicted molar refractivity (Wildman–Crippen MR) is 81.5 cm³/mol.